The zero-order valence-electron chi connectivity index (χ0n) is 12.5. The molecule has 9 heteroatoms. The molecular formula is C15H15N5O4. The largest absolute Gasteiger partial charge is 0.480 e. The number of hydrogen-bond donors (Lipinski definition) is 4. The number of rotatable bonds is 6. The first-order valence-corrected chi connectivity index (χ1v) is 7.19. The molecule has 0 aliphatic carbocycles. The molecular weight excluding hydrogens is 314 g/mol. The number of aliphatic carboxylic acids is 1. The molecule has 124 valence electrons. The second-order valence-corrected chi connectivity index (χ2v) is 5.14. The fraction of sp³-hybridized carbons (Fsp3) is 0.200. The highest BCUT2D eigenvalue weighted by atomic mass is 16.5. The van der Waals surface area contributed by atoms with E-state index in [0.29, 0.717) is 5.69 Å². The van der Waals surface area contributed by atoms with Gasteiger partial charge in [-0.15, -0.1) is 0 Å². The summed E-state index contributed by atoms with van der Waals surface area (Å²) in [5.74, 6) is -1.14. The lowest BCUT2D eigenvalue weighted by Crippen LogP contribution is -2.42. The number of carbonyl (C=O) groups excluding carboxylic acids is 1. The van der Waals surface area contributed by atoms with Crippen LogP contribution in [0, 0.1) is 0 Å². The lowest BCUT2D eigenvalue weighted by molar-refractivity contribution is -0.139. The van der Waals surface area contributed by atoms with Crippen LogP contribution in [0.5, 0.6) is 0 Å². The first-order valence-electron chi connectivity index (χ1n) is 7.19. The van der Waals surface area contributed by atoms with E-state index in [9.17, 15) is 14.7 Å². The molecule has 3 aromatic rings. The second kappa shape index (κ2) is 6.82. The van der Waals surface area contributed by atoms with Crippen LogP contribution in [0.3, 0.4) is 0 Å². The molecule has 0 spiro atoms. The van der Waals surface area contributed by atoms with E-state index in [-0.39, 0.29) is 13.0 Å². The number of nitrogens with zero attached hydrogens (tertiary/aromatic N) is 2. The predicted molar refractivity (Wildman–Crippen MR) is 83.1 cm³/mol. The van der Waals surface area contributed by atoms with Crippen molar-refractivity contribution in [2.24, 2.45) is 0 Å². The third-order valence-corrected chi connectivity index (χ3v) is 3.51. The number of benzene rings is 1. The summed E-state index contributed by atoms with van der Waals surface area (Å²) < 4.78 is 4.93. The minimum absolute atomic E-state index is 0.0955. The number of carboxylic acids is 1. The van der Waals surface area contributed by atoms with Gasteiger partial charge in [0, 0.05) is 23.5 Å². The van der Waals surface area contributed by atoms with Gasteiger partial charge in [0.05, 0.1) is 6.20 Å². The summed E-state index contributed by atoms with van der Waals surface area (Å²) >= 11 is 0. The van der Waals surface area contributed by atoms with Crippen molar-refractivity contribution in [3.05, 3.63) is 47.9 Å². The van der Waals surface area contributed by atoms with Crippen molar-refractivity contribution < 1.29 is 19.4 Å². The number of aromatic nitrogens is 4. The third kappa shape index (κ3) is 3.51. The van der Waals surface area contributed by atoms with Gasteiger partial charge in [-0.05, 0) is 11.6 Å². The van der Waals surface area contributed by atoms with Crippen LogP contribution in [0.2, 0.25) is 0 Å². The Kier molecular flexibility index (Phi) is 4.41. The Labute approximate surface area is 136 Å². The molecule has 4 N–H and O–H groups in total. The number of alkyl carbamates (subject to hydrolysis) is 1. The van der Waals surface area contributed by atoms with Crippen LogP contribution in [-0.4, -0.2) is 43.6 Å². The molecule has 0 aliphatic heterocycles. The summed E-state index contributed by atoms with van der Waals surface area (Å²) in [6, 6.07) is 6.44. The number of nitrogens with one attached hydrogen (secondary N) is 3. The Morgan fingerprint density at radius 2 is 2.17 bits per heavy atom. The molecule has 1 atom stereocenters. The van der Waals surface area contributed by atoms with Gasteiger partial charge in [0.15, 0.2) is 0 Å². The maximum atomic E-state index is 11.8. The summed E-state index contributed by atoms with van der Waals surface area (Å²) in [7, 11) is 0. The molecule has 24 heavy (non-hydrogen) atoms. The summed E-state index contributed by atoms with van der Waals surface area (Å²) in [6.07, 6.45) is 2.46. The average Bonchev–Trinajstić information content (AvgIpc) is 3.22. The van der Waals surface area contributed by atoms with E-state index >= 15 is 0 Å². The minimum atomic E-state index is -1.14. The van der Waals surface area contributed by atoms with E-state index < -0.39 is 18.1 Å². The van der Waals surface area contributed by atoms with Crippen molar-refractivity contribution in [1.29, 1.82) is 0 Å². The van der Waals surface area contributed by atoms with Crippen molar-refractivity contribution >= 4 is 23.0 Å². The Morgan fingerprint density at radius 1 is 1.33 bits per heavy atom. The molecule has 0 bridgehead atoms. The lowest BCUT2D eigenvalue weighted by Gasteiger charge is -2.14. The van der Waals surface area contributed by atoms with E-state index in [4.69, 9.17) is 4.74 Å². The summed E-state index contributed by atoms with van der Waals surface area (Å²) in [4.78, 5) is 26.3. The van der Waals surface area contributed by atoms with Crippen LogP contribution < -0.4 is 5.32 Å². The molecule has 0 aliphatic rings. The molecule has 1 aromatic carbocycles. The molecule has 0 unspecified atom stereocenters. The van der Waals surface area contributed by atoms with Crippen LogP contribution in [0.15, 0.2) is 36.7 Å². The van der Waals surface area contributed by atoms with Crippen molar-refractivity contribution in [2.75, 3.05) is 0 Å². The van der Waals surface area contributed by atoms with Gasteiger partial charge in [0.25, 0.3) is 0 Å². The molecule has 2 aromatic heterocycles. The molecule has 0 fully saturated rings. The number of carboxylic acid groups (broad SMARTS) is 1. The van der Waals surface area contributed by atoms with E-state index in [1.807, 2.05) is 24.3 Å². The molecule has 0 saturated carbocycles. The van der Waals surface area contributed by atoms with E-state index in [2.05, 4.69) is 25.7 Å². The smallest absolute Gasteiger partial charge is 0.408 e. The van der Waals surface area contributed by atoms with Crippen LogP contribution in [-0.2, 0) is 22.6 Å². The number of ether oxygens (including phenoxy) is 1. The zero-order chi connectivity index (χ0) is 16.9. The monoisotopic (exact) mass is 329 g/mol. The van der Waals surface area contributed by atoms with Gasteiger partial charge in [-0.3, -0.25) is 0 Å². The topological polar surface area (TPSA) is 133 Å². The van der Waals surface area contributed by atoms with E-state index in [1.54, 1.807) is 6.20 Å². The number of H-pyrrole nitrogens is 2. The van der Waals surface area contributed by atoms with Gasteiger partial charge >= 0.3 is 12.1 Å². The highest BCUT2D eigenvalue weighted by Crippen LogP contribution is 2.19. The highest BCUT2D eigenvalue weighted by molar-refractivity contribution is 5.85. The average molecular weight is 329 g/mol. The van der Waals surface area contributed by atoms with Gasteiger partial charge in [-0.2, -0.15) is 15.4 Å². The Balaban J connectivity index is 1.64. The quantitative estimate of drug-likeness (QED) is 0.537. The summed E-state index contributed by atoms with van der Waals surface area (Å²) in [5, 5.41) is 22.3. The van der Waals surface area contributed by atoms with E-state index in [1.165, 1.54) is 6.20 Å². The van der Waals surface area contributed by atoms with Crippen molar-refractivity contribution in [3.8, 4) is 0 Å². The van der Waals surface area contributed by atoms with Crippen molar-refractivity contribution in [3.63, 3.8) is 0 Å². The van der Waals surface area contributed by atoms with Gasteiger partial charge in [0.1, 0.15) is 18.3 Å². The molecule has 0 saturated heterocycles. The van der Waals surface area contributed by atoms with Crippen LogP contribution >= 0.6 is 0 Å². The number of amides is 1. The number of hydrogen-bond acceptors (Lipinski definition) is 5. The van der Waals surface area contributed by atoms with Gasteiger partial charge in [-0.25, -0.2) is 9.59 Å². The standard InChI is InChI=1S/C15H15N5O4/c21-14(22)13(18-15(23)24-8-10-7-17-20-19-10)5-9-6-16-12-4-2-1-3-11(9)12/h1-4,6-7,13,16H,5,8H2,(H,18,23)(H,21,22)(H,17,19,20)/t13-/m1/s1. The minimum Gasteiger partial charge on any atom is -0.480 e. The number of fused-ring (bicyclic) bond motifs is 1. The SMILES string of the molecule is O=C(N[C@H](Cc1c[nH]c2ccccc12)C(=O)O)OCc1cn[nH]n1. The summed E-state index contributed by atoms with van der Waals surface area (Å²) in [6.45, 7) is -0.0955. The zero-order valence-corrected chi connectivity index (χ0v) is 12.5. The van der Waals surface area contributed by atoms with Crippen LogP contribution in [0.1, 0.15) is 11.3 Å². The lowest BCUT2D eigenvalue weighted by atomic mass is 10.1. The van der Waals surface area contributed by atoms with Gasteiger partial charge < -0.3 is 20.1 Å². The number of carbonyl (C=O) groups is 2. The first kappa shape index (κ1) is 15.5. The van der Waals surface area contributed by atoms with Crippen LogP contribution in [0.25, 0.3) is 10.9 Å². The molecule has 0 radical (unpaired) electrons. The molecule has 2 heterocycles. The second-order valence-electron chi connectivity index (χ2n) is 5.14. The Hall–Kier alpha value is -3.36. The molecule has 3 rings (SSSR count). The normalized spacial score (nSPS) is 12.0. The molecule has 1 amide bonds. The summed E-state index contributed by atoms with van der Waals surface area (Å²) in [5.41, 5.74) is 2.15. The van der Waals surface area contributed by atoms with Crippen molar-refractivity contribution in [2.45, 2.75) is 19.1 Å². The van der Waals surface area contributed by atoms with Crippen molar-refractivity contribution in [1.82, 2.24) is 25.7 Å². The highest BCUT2D eigenvalue weighted by Gasteiger charge is 2.22. The maximum absolute atomic E-state index is 11.8. The number of para-hydroxylation sites is 1. The fourth-order valence-electron chi connectivity index (χ4n) is 2.34. The fourth-order valence-corrected chi connectivity index (χ4v) is 2.34. The predicted octanol–water partition coefficient (Wildman–Crippen LogP) is 1.21. The molecule has 9 nitrogen and oxygen atoms in total. The Morgan fingerprint density at radius 3 is 2.92 bits per heavy atom. The van der Waals surface area contributed by atoms with E-state index in [0.717, 1.165) is 16.5 Å². The third-order valence-electron chi connectivity index (χ3n) is 3.51. The number of aromatic amines is 2. The maximum Gasteiger partial charge on any atom is 0.408 e. The van der Waals surface area contributed by atoms with Crippen LogP contribution in [0.4, 0.5) is 4.79 Å². The van der Waals surface area contributed by atoms with Gasteiger partial charge in [-0.1, -0.05) is 18.2 Å². The van der Waals surface area contributed by atoms with Gasteiger partial charge in [0.2, 0.25) is 0 Å². The Bertz CT molecular complexity index is 843. The first-order chi connectivity index (χ1) is 11.6.